The van der Waals surface area contributed by atoms with Crippen molar-refractivity contribution in [3.63, 3.8) is 0 Å². The maximum atomic E-state index is 6.48. The largest absolute Gasteiger partial charge is 0.497 e. The van der Waals surface area contributed by atoms with E-state index in [2.05, 4.69) is 44.0 Å². The summed E-state index contributed by atoms with van der Waals surface area (Å²) in [4.78, 5) is 2.41. The number of rotatable bonds is 2. The van der Waals surface area contributed by atoms with Crippen molar-refractivity contribution in [2.75, 3.05) is 27.8 Å². The van der Waals surface area contributed by atoms with E-state index in [1.165, 1.54) is 16.7 Å². The number of fused-ring (bicyclic) bond motifs is 1. The van der Waals surface area contributed by atoms with Crippen LogP contribution in [0.2, 0.25) is 0 Å². The lowest BCUT2D eigenvalue weighted by atomic mass is 9.61. The molecule has 1 aromatic rings. The molecule has 0 aromatic heterocycles. The molecule has 4 rings (SSSR count). The van der Waals surface area contributed by atoms with Gasteiger partial charge in [0.25, 0.3) is 0 Å². The maximum absolute atomic E-state index is 6.48. The molecular formula is C20H25NO3. The van der Waals surface area contributed by atoms with Crippen LogP contribution in [0.5, 0.6) is 11.5 Å². The van der Waals surface area contributed by atoms with Crippen LogP contribution in [0.15, 0.2) is 35.6 Å². The van der Waals surface area contributed by atoms with Crippen LogP contribution in [-0.4, -0.2) is 44.9 Å². The highest BCUT2D eigenvalue weighted by Crippen LogP contribution is 2.59. The molecule has 1 aliphatic carbocycles. The summed E-state index contributed by atoms with van der Waals surface area (Å²) < 4.78 is 17.8. The molecule has 1 aromatic carbocycles. The molecule has 3 aliphatic rings. The number of piperidine rings is 1. The van der Waals surface area contributed by atoms with Crippen LogP contribution in [-0.2, 0) is 10.2 Å². The Morgan fingerprint density at radius 2 is 2.00 bits per heavy atom. The lowest BCUT2D eigenvalue weighted by Crippen LogP contribution is -2.54. The highest BCUT2D eigenvalue weighted by Gasteiger charge is 2.58. The molecule has 4 nitrogen and oxygen atoms in total. The third kappa shape index (κ3) is 1.78. The van der Waals surface area contributed by atoms with Crippen molar-refractivity contribution >= 4 is 0 Å². The second-order valence-corrected chi connectivity index (χ2v) is 7.06. The monoisotopic (exact) mass is 327 g/mol. The Labute approximate surface area is 143 Å². The first-order valence-corrected chi connectivity index (χ1v) is 8.55. The summed E-state index contributed by atoms with van der Waals surface area (Å²) in [6.45, 7) is 5.48. The number of nitrogens with zero attached hydrogens (tertiary/aromatic N) is 1. The number of hydrogen-bond donors (Lipinski definition) is 0. The molecule has 0 N–H and O–H groups in total. The van der Waals surface area contributed by atoms with Gasteiger partial charge in [0.1, 0.15) is 5.76 Å². The van der Waals surface area contributed by atoms with Gasteiger partial charge in [0.2, 0.25) is 0 Å². The van der Waals surface area contributed by atoms with Crippen LogP contribution in [0.25, 0.3) is 0 Å². The van der Waals surface area contributed by atoms with Gasteiger partial charge in [0, 0.05) is 11.6 Å². The van der Waals surface area contributed by atoms with E-state index in [0.29, 0.717) is 6.04 Å². The second-order valence-electron chi connectivity index (χ2n) is 7.06. The van der Waals surface area contributed by atoms with Crippen molar-refractivity contribution < 1.29 is 14.2 Å². The summed E-state index contributed by atoms with van der Waals surface area (Å²) in [5.74, 6) is 2.59. The Balaban J connectivity index is 2.00. The Morgan fingerprint density at radius 3 is 2.71 bits per heavy atom. The van der Waals surface area contributed by atoms with Crippen molar-refractivity contribution in [2.24, 2.45) is 0 Å². The minimum atomic E-state index is -0.153. The minimum absolute atomic E-state index is 0.108. The third-order valence-electron chi connectivity index (χ3n) is 6.09. The first kappa shape index (κ1) is 15.6. The first-order valence-electron chi connectivity index (χ1n) is 8.55. The number of likely N-dealkylation sites (tertiary alicyclic amines) is 1. The third-order valence-corrected chi connectivity index (χ3v) is 6.09. The van der Waals surface area contributed by atoms with Gasteiger partial charge in [-0.2, -0.15) is 0 Å². The molecule has 1 spiro atoms. The molecule has 1 fully saturated rings. The Hall–Kier alpha value is -1.94. The zero-order valence-corrected chi connectivity index (χ0v) is 15.1. The molecule has 1 saturated heterocycles. The summed E-state index contributed by atoms with van der Waals surface area (Å²) in [6, 6.07) is 4.51. The lowest BCUT2D eigenvalue weighted by Gasteiger charge is -2.48. The number of likely N-dealkylation sites (N-methyl/N-ethyl adjacent to an activating group) is 1. The van der Waals surface area contributed by atoms with E-state index in [1.807, 2.05) is 6.07 Å². The van der Waals surface area contributed by atoms with Crippen molar-refractivity contribution in [3.8, 4) is 11.5 Å². The van der Waals surface area contributed by atoms with Gasteiger partial charge >= 0.3 is 0 Å². The Bertz CT molecular complexity index is 751. The molecular weight excluding hydrogens is 302 g/mol. The Morgan fingerprint density at radius 1 is 1.21 bits per heavy atom. The fraction of sp³-hybridized carbons (Fsp3) is 0.500. The van der Waals surface area contributed by atoms with Gasteiger partial charge in [-0.15, -0.1) is 0 Å². The topological polar surface area (TPSA) is 30.9 Å². The van der Waals surface area contributed by atoms with E-state index in [1.54, 1.807) is 14.2 Å². The molecule has 2 aliphatic heterocycles. The normalized spacial score (nSPS) is 31.2. The molecule has 0 saturated carbocycles. The van der Waals surface area contributed by atoms with E-state index in [0.717, 1.165) is 30.2 Å². The highest BCUT2D eigenvalue weighted by molar-refractivity contribution is 5.64. The standard InChI is InChI=1S/C20H25NO3/c1-12-6-8-15(22-4)18-17(12)20-10-11-21(3)13(2)14(20)7-9-16(23-5)19(20)24-18/h6-9,13,19H,10-11H2,1-5H3. The number of allylic oxidation sites excluding steroid dienone is 2. The molecule has 3 unspecified atom stereocenters. The van der Waals surface area contributed by atoms with Crippen LogP contribution in [0.1, 0.15) is 24.5 Å². The second kappa shape index (κ2) is 5.28. The van der Waals surface area contributed by atoms with Gasteiger partial charge in [-0.05, 0) is 57.1 Å². The number of hydrogen-bond acceptors (Lipinski definition) is 4. The van der Waals surface area contributed by atoms with Gasteiger partial charge in [0.15, 0.2) is 17.6 Å². The Kier molecular flexibility index (Phi) is 3.43. The molecule has 0 radical (unpaired) electrons. The van der Waals surface area contributed by atoms with Crippen LogP contribution < -0.4 is 9.47 Å². The predicted octanol–water partition coefficient (Wildman–Crippen LogP) is 3.20. The zero-order chi connectivity index (χ0) is 17.1. The van der Waals surface area contributed by atoms with Crippen molar-refractivity contribution in [1.29, 1.82) is 0 Å². The molecule has 4 heteroatoms. The quantitative estimate of drug-likeness (QED) is 0.835. The smallest absolute Gasteiger partial charge is 0.169 e. The van der Waals surface area contributed by atoms with Crippen LogP contribution in [0.3, 0.4) is 0 Å². The van der Waals surface area contributed by atoms with E-state index < -0.39 is 0 Å². The summed E-state index contributed by atoms with van der Waals surface area (Å²) in [5.41, 5.74) is 3.80. The minimum Gasteiger partial charge on any atom is -0.497 e. The van der Waals surface area contributed by atoms with E-state index in [-0.39, 0.29) is 11.5 Å². The van der Waals surface area contributed by atoms with E-state index in [9.17, 15) is 0 Å². The van der Waals surface area contributed by atoms with Gasteiger partial charge in [-0.25, -0.2) is 0 Å². The van der Waals surface area contributed by atoms with Gasteiger partial charge in [-0.3, -0.25) is 4.90 Å². The van der Waals surface area contributed by atoms with E-state index in [4.69, 9.17) is 14.2 Å². The summed E-state index contributed by atoms with van der Waals surface area (Å²) >= 11 is 0. The van der Waals surface area contributed by atoms with E-state index >= 15 is 0 Å². The average Bonchev–Trinajstić information content (AvgIpc) is 2.94. The fourth-order valence-corrected chi connectivity index (χ4v) is 4.72. The number of aryl methyl sites for hydroxylation is 1. The summed E-state index contributed by atoms with van der Waals surface area (Å²) in [6.07, 6.45) is 5.23. The molecule has 0 bridgehead atoms. The molecule has 24 heavy (non-hydrogen) atoms. The van der Waals surface area contributed by atoms with Crippen LogP contribution >= 0.6 is 0 Å². The fourth-order valence-electron chi connectivity index (χ4n) is 4.72. The summed E-state index contributed by atoms with van der Waals surface area (Å²) in [5, 5.41) is 0. The number of ether oxygens (including phenoxy) is 3. The molecule has 3 atom stereocenters. The lowest BCUT2D eigenvalue weighted by molar-refractivity contribution is 0.0807. The zero-order valence-electron chi connectivity index (χ0n) is 15.1. The van der Waals surface area contributed by atoms with Gasteiger partial charge in [0.05, 0.1) is 19.6 Å². The predicted molar refractivity (Wildman–Crippen MR) is 93.7 cm³/mol. The number of benzene rings is 1. The van der Waals surface area contributed by atoms with Crippen molar-refractivity contribution in [3.05, 3.63) is 46.7 Å². The van der Waals surface area contributed by atoms with Crippen LogP contribution in [0, 0.1) is 6.92 Å². The highest BCUT2D eigenvalue weighted by atomic mass is 16.6. The van der Waals surface area contributed by atoms with Crippen molar-refractivity contribution in [1.82, 2.24) is 4.90 Å². The first-order chi connectivity index (χ1) is 11.5. The molecule has 128 valence electrons. The summed E-state index contributed by atoms with van der Waals surface area (Å²) in [7, 11) is 5.63. The maximum Gasteiger partial charge on any atom is 0.169 e. The SMILES string of the molecule is COC1=CC=C2C(C)N(C)CCC23c2c(C)ccc(OC)c2OC13. The molecule has 0 amide bonds. The average molecular weight is 327 g/mol. The van der Waals surface area contributed by atoms with Gasteiger partial charge in [-0.1, -0.05) is 12.1 Å². The van der Waals surface area contributed by atoms with Gasteiger partial charge < -0.3 is 14.2 Å². The number of methoxy groups -OCH3 is 2. The van der Waals surface area contributed by atoms with Crippen molar-refractivity contribution in [2.45, 2.75) is 37.8 Å². The van der Waals surface area contributed by atoms with Crippen LogP contribution in [0.4, 0.5) is 0 Å². The molecule has 2 heterocycles.